The van der Waals surface area contributed by atoms with Crippen LogP contribution in [0.2, 0.25) is 0 Å². The molecular weight excluding hydrogens is 294 g/mol. The van der Waals surface area contributed by atoms with Gasteiger partial charge in [0.25, 0.3) is 0 Å². The molecule has 0 aliphatic heterocycles. The maximum absolute atomic E-state index is 6.28. The van der Waals surface area contributed by atoms with Crippen molar-refractivity contribution in [3.63, 3.8) is 0 Å². The topological polar surface area (TPSA) is 12.9 Å². The Balaban J connectivity index is 2.06. The van der Waals surface area contributed by atoms with E-state index in [9.17, 15) is 0 Å². The molecule has 0 radical (unpaired) electrons. The molecule has 0 aliphatic rings. The van der Waals surface area contributed by atoms with Crippen LogP contribution in [0.5, 0.6) is 0 Å². The Labute approximate surface area is 106 Å². The largest absolute Gasteiger partial charge is 0.253 e. The number of benzene rings is 1. The van der Waals surface area contributed by atoms with Gasteiger partial charge in [0.2, 0.25) is 0 Å². The molecule has 78 valence electrons. The van der Waals surface area contributed by atoms with Gasteiger partial charge in [-0.3, -0.25) is 4.98 Å². The van der Waals surface area contributed by atoms with Crippen molar-refractivity contribution in [2.75, 3.05) is 0 Å². The second-order valence-corrected chi connectivity index (χ2v) is 5.56. The third kappa shape index (κ3) is 3.03. The minimum atomic E-state index is 0.0266. The highest BCUT2D eigenvalue weighted by molar-refractivity contribution is 9.10. The predicted octanol–water partition coefficient (Wildman–Crippen LogP) is 4.43. The fourth-order valence-corrected chi connectivity index (χ4v) is 2.56. The molecule has 1 atom stereocenters. The van der Waals surface area contributed by atoms with Crippen LogP contribution in [0.25, 0.3) is 0 Å². The summed E-state index contributed by atoms with van der Waals surface area (Å²) in [4.78, 5) is 5.15. The smallest absolute Gasteiger partial charge is 0.0794 e. The van der Waals surface area contributed by atoms with Crippen LogP contribution in [0.4, 0.5) is 0 Å². The van der Waals surface area contributed by atoms with Gasteiger partial charge in [-0.2, -0.15) is 0 Å². The summed E-state index contributed by atoms with van der Waals surface area (Å²) >= 11 is 11.3. The second kappa shape index (κ2) is 5.10. The molecule has 0 aliphatic carbocycles. The van der Waals surface area contributed by atoms with Crippen molar-refractivity contribution < 1.29 is 0 Å². The number of halogens is 2. The van der Waals surface area contributed by atoms with Crippen molar-refractivity contribution in [1.82, 2.24) is 4.98 Å². The second-order valence-electron chi connectivity index (χ2n) is 3.20. The number of rotatable bonds is 3. The van der Waals surface area contributed by atoms with Crippen molar-refractivity contribution in [3.8, 4) is 0 Å². The molecule has 0 bridgehead atoms. The molecule has 0 fully saturated rings. The number of alkyl halides is 1. The quantitative estimate of drug-likeness (QED) is 0.764. The highest BCUT2D eigenvalue weighted by Gasteiger charge is 2.10. The van der Waals surface area contributed by atoms with E-state index in [0.717, 1.165) is 15.8 Å². The summed E-state index contributed by atoms with van der Waals surface area (Å²) in [6, 6.07) is 8.23. The van der Waals surface area contributed by atoms with E-state index >= 15 is 0 Å². The molecule has 15 heavy (non-hydrogen) atoms. The molecule has 1 nitrogen and oxygen atoms in total. The van der Waals surface area contributed by atoms with Crippen LogP contribution in [0.3, 0.4) is 0 Å². The van der Waals surface area contributed by atoms with E-state index in [1.807, 2.05) is 23.8 Å². The Morgan fingerprint density at radius 3 is 2.67 bits per heavy atom. The van der Waals surface area contributed by atoms with Gasteiger partial charge in [-0.15, -0.1) is 22.9 Å². The van der Waals surface area contributed by atoms with Gasteiger partial charge < -0.3 is 0 Å². The van der Waals surface area contributed by atoms with E-state index in [1.54, 1.807) is 11.3 Å². The van der Waals surface area contributed by atoms with Gasteiger partial charge >= 0.3 is 0 Å². The monoisotopic (exact) mass is 301 g/mol. The van der Waals surface area contributed by atoms with Crippen LogP contribution >= 0.6 is 38.9 Å². The Morgan fingerprint density at radius 1 is 1.33 bits per heavy atom. The predicted molar refractivity (Wildman–Crippen MR) is 68.6 cm³/mol. The average molecular weight is 303 g/mol. The normalized spacial score (nSPS) is 12.7. The Kier molecular flexibility index (Phi) is 3.78. The third-order valence-corrected chi connectivity index (χ3v) is 4.02. The summed E-state index contributed by atoms with van der Waals surface area (Å²) in [5.41, 5.74) is 3.05. The van der Waals surface area contributed by atoms with Gasteiger partial charge in [0, 0.05) is 15.5 Å². The zero-order valence-electron chi connectivity index (χ0n) is 7.86. The van der Waals surface area contributed by atoms with Crippen molar-refractivity contribution in [2.45, 2.75) is 11.8 Å². The summed E-state index contributed by atoms with van der Waals surface area (Å²) < 4.78 is 1.09. The van der Waals surface area contributed by atoms with Gasteiger partial charge in [-0.25, -0.2) is 0 Å². The summed E-state index contributed by atoms with van der Waals surface area (Å²) in [6.45, 7) is 0. The lowest BCUT2D eigenvalue weighted by Gasteiger charge is -2.06. The van der Waals surface area contributed by atoms with E-state index < -0.39 is 0 Å². The average Bonchev–Trinajstić information content (AvgIpc) is 2.74. The van der Waals surface area contributed by atoms with Gasteiger partial charge in [-0.1, -0.05) is 28.1 Å². The highest BCUT2D eigenvalue weighted by Crippen LogP contribution is 2.27. The highest BCUT2D eigenvalue weighted by atomic mass is 79.9. The zero-order valence-corrected chi connectivity index (χ0v) is 11.0. The Morgan fingerprint density at radius 2 is 2.07 bits per heavy atom. The fourth-order valence-electron chi connectivity index (χ4n) is 1.31. The van der Waals surface area contributed by atoms with Gasteiger partial charge in [0.1, 0.15) is 0 Å². The number of thiazole rings is 1. The maximum Gasteiger partial charge on any atom is 0.0794 e. The first-order valence-corrected chi connectivity index (χ1v) is 6.63. The molecule has 1 aromatic heterocycles. The van der Waals surface area contributed by atoms with Crippen molar-refractivity contribution in [1.29, 1.82) is 0 Å². The van der Waals surface area contributed by atoms with E-state index in [4.69, 9.17) is 11.6 Å². The Hall–Kier alpha value is -0.380. The minimum Gasteiger partial charge on any atom is -0.253 e. The molecule has 1 aromatic carbocycles. The standard InChI is InChI=1S/C11H9BrClNS/c12-9-3-1-8(2-4-9)5-10(13)11-6-14-7-15-11/h1-4,6-7,10H,5H2. The number of hydrogen-bond acceptors (Lipinski definition) is 2. The van der Waals surface area contributed by atoms with Gasteiger partial charge in [-0.05, 0) is 24.1 Å². The van der Waals surface area contributed by atoms with E-state index in [0.29, 0.717) is 0 Å². The van der Waals surface area contributed by atoms with Crippen LogP contribution < -0.4 is 0 Å². The minimum absolute atomic E-state index is 0.0266. The van der Waals surface area contributed by atoms with Crippen LogP contribution in [0, 0.1) is 0 Å². The van der Waals surface area contributed by atoms with Gasteiger partial charge in [0.05, 0.1) is 10.9 Å². The number of aromatic nitrogens is 1. The van der Waals surface area contributed by atoms with Crippen molar-refractivity contribution in [3.05, 3.63) is 50.9 Å². The molecule has 4 heteroatoms. The molecule has 2 rings (SSSR count). The lowest BCUT2D eigenvalue weighted by atomic mass is 10.1. The lowest BCUT2D eigenvalue weighted by Crippen LogP contribution is -1.92. The first kappa shape index (κ1) is 11.1. The first-order valence-electron chi connectivity index (χ1n) is 4.52. The van der Waals surface area contributed by atoms with E-state index in [-0.39, 0.29) is 5.38 Å². The molecule has 0 spiro atoms. The molecule has 1 unspecified atom stereocenters. The van der Waals surface area contributed by atoms with E-state index in [1.165, 1.54) is 5.56 Å². The van der Waals surface area contributed by atoms with Crippen molar-refractivity contribution in [2.24, 2.45) is 0 Å². The summed E-state index contributed by atoms with van der Waals surface area (Å²) in [6.07, 6.45) is 2.68. The molecular formula is C11H9BrClNS. The Bertz CT molecular complexity index is 413. The molecule has 1 heterocycles. The molecule has 2 aromatic rings. The van der Waals surface area contributed by atoms with Crippen LogP contribution in [-0.4, -0.2) is 4.98 Å². The first-order chi connectivity index (χ1) is 7.25. The van der Waals surface area contributed by atoms with Crippen molar-refractivity contribution >= 4 is 38.9 Å². The number of nitrogens with zero attached hydrogens (tertiary/aromatic N) is 1. The third-order valence-electron chi connectivity index (χ3n) is 2.09. The fraction of sp³-hybridized carbons (Fsp3) is 0.182. The summed E-state index contributed by atoms with van der Waals surface area (Å²) in [7, 11) is 0. The van der Waals surface area contributed by atoms with Crippen LogP contribution in [0.1, 0.15) is 15.8 Å². The molecule has 0 saturated heterocycles. The molecule has 0 amide bonds. The van der Waals surface area contributed by atoms with Gasteiger partial charge in [0.15, 0.2) is 0 Å². The van der Waals surface area contributed by atoms with E-state index in [2.05, 4.69) is 33.0 Å². The summed E-state index contributed by atoms with van der Waals surface area (Å²) in [5, 5.41) is 0.0266. The number of hydrogen-bond donors (Lipinski definition) is 0. The van der Waals surface area contributed by atoms with Crippen LogP contribution in [0.15, 0.2) is 40.4 Å². The molecule has 0 saturated carbocycles. The zero-order chi connectivity index (χ0) is 10.7. The van der Waals surface area contributed by atoms with Crippen LogP contribution in [-0.2, 0) is 6.42 Å². The summed E-state index contributed by atoms with van der Waals surface area (Å²) in [5.74, 6) is 0. The molecule has 0 N–H and O–H groups in total. The lowest BCUT2D eigenvalue weighted by molar-refractivity contribution is 0.935. The SMILES string of the molecule is ClC(Cc1ccc(Br)cc1)c1cncs1. The maximum atomic E-state index is 6.28.